The van der Waals surface area contributed by atoms with Crippen molar-refractivity contribution in [3.05, 3.63) is 59.7 Å². The largest absolute Gasteiger partial charge is 0.491 e. The number of hydrogen-bond donors (Lipinski definition) is 2. The molecule has 1 aliphatic heterocycles. The molecule has 2 N–H and O–H groups in total. The zero-order chi connectivity index (χ0) is 26.6. The summed E-state index contributed by atoms with van der Waals surface area (Å²) in [6, 6.07) is 7.90. The van der Waals surface area contributed by atoms with Gasteiger partial charge in [0.15, 0.2) is 0 Å². The summed E-state index contributed by atoms with van der Waals surface area (Å²) < 4.78 is 24.7. The van der Waals surface area contributed by atoms with Crippen LogP contribution in [0.25, 0.3) is 10.9 Å². The highest BCUT2D eigenvalue weighted by Gasteiger charge is 2.27. The summed E-state index contributed by atoms with van der Waals surface area (Å²) in [5.41, 5.74) is 1.96. The molecule has 2 heterocycles. The van der Waals surface area contributed by atoms with E-state index in [0.717, 1.165) is 18.2 Å². The third kappa shape index (κ3) is 6.13. The summed E-state index contributed by atoms with van der Waals surface area (Å²) in [6.07, 6.45) is 6.90. The van der Waals surface area contributed by atoms with E-state index >= 15 is 0 Å². The Balaban J connectivity index is 1.35. The fourth-order valence-electron chi connectivity index (χ4n) is 4.01. The lowest BCUT2D eigenvalue weighted by Crippen LogP contribution is -2.48. The molecule has 5 rings (SSSR count). The van der Waals surface area contributed by atoms with Gasteiger partial charge in [-0.1, -0.05) is 17.7 Å². The number of carbonyl (C=O) groups excluding carboxylic acids is 2. The van der Waals surface area contributed by atoms with Crippen molar-refractivity contribution in [3.8, 4) is 5.75 Å². The number of hydrogen-bond acceptors (Lipinski definition) is 8. The molecule has 1 saturated heterocycles. The number of halogens is 2. The van der Waals surface area contributed by atoms with E-state index in [-0.39, 0.29) is 30.1 Å². The summed E-state index contributed by atoms with van der Waals surface area (Å²) >= 11 is 5.94. The summed E-state index contributed by atoms with van der Waals surface area (Å²) in [5.74, 6) is 0.552. The van der Waals surface area contributed by atoms with Crippen LogP contribution in [0.3, 0.4) is 0 Å². The monoisotopic (exact) mass is 539 g/mol. The second-order valence-electron chi connectivity index (χ2n) is 9.38. The first-order chi connectivity index (χ1) is 18.4. The van der Waals surface area contributed by atoms with Crippen LogP contribution >= 0.6 is 11.6 Å². The number of esters is 1. The van der Waals surface area contributed by atoms with Crippen molar-refractivity contribution in [2.24, 2.45) is 5.92 Å². The van der Waals surface area contributed by atoms with Crippen LogP contribution in [0.4, 0.5) is 21.6 Å². The molecule has 11 heteroatoms. The Kier molecular flexibility index (Phi) is 7.59. The summed E-state index contributed by atoms with van der Waals surface area (Å²) in [4.78, 5) is 34.4. The van der Waals surface area contributed by atoms with E-state index in [1.54, 1.807) is 12.1 Å². The first-order valence-corrected chi connectivity index (χ1v) is 12.8. The number of aromatic nitrogens is 2. The van der Waals surface area contributed by atoms with Gasteiger partial charge in [-0.2, -0.15) is 0 Å². The van der Waals surface area contributed by atoms with Crippen molar-refractivity contribution in [1.82, 2.24) is 14.9 Å². The number of ether oxygens (including phenoxy) is 2. The van der Waals surface area contributed by atoms with Crippen LogP contribution in [0.1, 0.15) is 19.8 Å². The van der Waals surface area contributed by atoms with Crippen molar-refractivity contribution >= 4 is 51.6 Å². The topological polar surface area (TPSA) is 106 Å². The van der Waals surface area contributed by atoms with Gasteiger partial charge in [0.25, 0.3) is 0 Å². The van der Waals surface area contributed by atoms with Crippen molar-refractivity contribution < 1.29 is 23.5 Å². The molecule has 38 heavy (non-hydrogen) atoms. The summed E-state index contributed by atoms with van der Waals surface area (Å²) in [7, 11) is 0. The minimum Gasteiger partial charge on any atom is -0.491 e. The Morgan fingerprint density at radius 2 is 2.13 bits per heavy atom. The van der Waals surface area contributed by atoms with Gasteiger partial charge < -0.3 is 25.0 Å². The molecular weight excluding hydrogens is 513 g/mol. The molecule has 0 spiro atoms. The van der Waals surface area contributed by atoms with Crippen LogP contribution in [0, 0.1) is 11.7 Å². The van der Waals surface area contributed by atoms with Crippen LogP contribution in [0.2, 0.25) is 5.02 Å². The smallest absolute Gasteiger partial charge is 0.325 e. The Morgan fingerprint density at radius 1 is 1.29 bits per heavy atom. The van der Waals surface area contributed by atoms with E-state index in [4.69, 9.17) is 21.1 Å². The van der Waals surface area contributed by atoms with Gasteiger partial charge in [-0.25, -0.2) is 14.4 Å². The molecule has 1 saturated carbocycles. The zero-order valence-electron chi connectivity index (χ0n) is 20.7. The molecule has 0 bridgehead atoms. The minimum atomic E-state index is -0.505. The van der Waals surface area contributed by atoms with Crippen LogP contribution < -0.4 is 15.4 Å². The Hall–Kier alpha value is -3.92. The Labute approximate surface area is 224 Å². The number of nitrogens with zero attached hydrogens (tertiary/aromatic N) is 3. The number of fused-ring (bicyclic) bond motifs is 1. The molecule has 2 fully saturated rings. The minimum absolute atomic E-state index is 0.00338. The number of anilines is 3. The Bertz CT molecular complexity index is 1400. The molecule has 0 radical (unpaired) electrons. The molecular formula is C27H27ClFN5O4. The maximum absolute atomic E-state index is 13.6. The van der Waals surface area contributed by atoms with Crippen LogP contribution in [0.15, 0.2) is 48.8 Å². The Morgan fingerprint density at radius 3 is 2.92 bits per heavy atom. The molecule has 1 atom stereocenters. The SMILES string of the molecule is CC1COC(=O)CN1C(=O)C=CCNc1cc2c(Nc3ccc(F)c(Cl)c3)ncnc2cc1OCC1CC1. The predicted molar refractivity (Wildman–Crippen MR) is 142 cm³/mol. The normalized spacial score (nSPS) is 17.5. The van der Waals surface area contributed by atoms with Crippen LogP contribution in [0.5, 0.6) is 5.75 Å². The van der Waals surface area contributed by atoms with Crippen LogP contribution in [-0.2, 0) is 14.3 Å². The van der Waals surface area contributed by atoms with Crippen molar-refractivity contribution in [2.75, 3.05) is 36.9 Å². The van der Waals surface area contributed by atoms with Gasteiger partial charge in [-0.05, 0) is 49.9 Å². The highest BCUT2D eigenvalue weighted by atomic mass is 35.5. The van der Waals surface area contributed by atoms with Gasteiger partial charge in [-0.15, -0.1) is 0 Å². The van der Waals surface area contributed by atoms with Gasteiger partial charge in [0.05, 0.1) is 28.9 Å². The average molecular weight is 540 g/mol. The van der Waals surface area contributed by atoms with Crippen molar-refractivity contribution in [2.45, 2.75) is 25.8 Å². The van der Waals surface area contributed by atoms with E-state index in [1.165, 1.54) is 29.4 Å². The van der Waals surface area contributed by atoms with E-state index in [1.807, 2.05) is 19.1 Å². The van der Waals surface area contributed by atoms with Gasteiger partial charge in [0.2, 0.25) is 5.91 Å². The first-order valence-electron chi connectivity index (χ1n) is 12.4. The lowest BCUT2D eigenvalue weighted by Gasteiger charge is -2.31. The summed E-state index contributed by atoms with van der Waals surface area (Å²) in [5, 5.41) is 7.20. The fourth-order valence-corrected chi connectivity index (χ4v) is 4.19. The first kappa shape index (κ1) is 25.7. The average Bonchev–Trinajstić information content (AvgIpc) is 3.73. The maximum Gasteiger partial charge on any atom is 0.325 e. The van der Waals surface area contributed by atoms with Gasteiger partial charge >= 0.3 is 5.97 Å². The molecule has 1 unspecified atom stereocenters. The maximum atomic E-state index is 13.6. The third-order valence-electron chi connectivity index (χ3n) is 6.36. The number of morpholine rings is 1. The zero-order valence-corrected chi connectivity index (χ0v) is 21.5. The van der Waals surface area contributed by atoms with E-state index in [2.05, 4.69) is 20.6 Å². The fraction of sp³-hybridized carbons (Fsp3) is 0.333. The lowest BCUT2D eigenvalue weighted by molar-refractivity contribution is -0.159. The van der Waals surface area contributed by atoms with Crippen molar-refractivity contribution in [3.63, 3.8) is 0 Å². The lowest BCUT2D eigenvalue weighted by atomic mass is 10.1. The summed E-state index contributed by atoms with van der Waals surface area (Å²) in [6.45, 7) is 2.92. The molecule has 2 aliphatic rings. The van der Waals surface area contributed by atoms with Gasteiger partial charge in [0, 0.05) is 29.8 Å². The molecule has 1 aliphatic carbocycles. The molecule has 198 valence electrons. The predicted octanol–water partition coefficient (Wildman–Crippen LogP) is 4.70. The number of benzene rings is 2. The highest BCUT2D eigenvalue weighted by Crippen LogP contribution is 2.36. The van der Waals surface area contributed by atoms with Gasteiger partial charge in [-0.3, -0.25) is 9.59 Å². The number of amides is 1. The standard InChI is InChI=1S/C27H27ClFN5O4/c1-16-13-38-26(36)12-34(16)25(35)3-2-8-30-23-10-19-22(11-24(23)37-14-17-4-5-17)31-15-32-27(19)33-18-6-7-21(29)20(28)9-18/h2-3,6-7,9-11,15-17,30H,4-5,8,12-14H2,1H3,(H,31,32,33). The molecule has 1 amide bonds. The molecule has 1 aromatic heterocycles. The second-order valence-corrected chi connectivity index (χ2v) is 9.78. The number of cyclic esters (lactones) is 1. The van der Waals surface area contributed by atoms with Crippen molar-refractivity contribution in [1.29, 1.82) is 0 Å². The van der Waals surface area contributed by atoms with Crippen LogP contribution in [-0.4, -0.2) is 59.1 Å². The third-order valence-corrected chi connectivity index (χ3v) is 6.65. The number of nitrogens with one attached hydrogen (secondary N) is 2. The number of carbonyl (C=O) groups is 2. The van der Waals surface area contributed by atoms with E-state index < -0.39 is 11.8 Å². The molecule has 2 aromatic carbocycles. The molecule has 3 aromatic rings. The molecule has 9 nitrogen and oxygen atoms in total. The van der Waals surface area contributed by atoms with E-state index in [0.29, 0.717) is 47.5 Å². The van der Waals surface area contributed by atoms with Gasteiger partial charge in [0.1, 0.15) is 36.9 Å². The number of rotatable bonds is 9. The highest BCUT2D eigenvalue weighted by molar-refractivity contribution is 6.31. The second kappa shape index (κ2) is 11.2. The van der Waals surface area contributed by atoms with E-state index in [9.17, 15) is 14.0 Å². The quantitative estimate of drug-likeness (QED) is 0.298.